The molecule has 2 unspecified atom stereocenters. The molecule has 0 amide bonds. The molecule has 0 aliphatic heterocycles. The second-order valence-electron chi connectivity index (χ2n) is 7.90. The Bertz CT molecular complexity index is 646. The first-order valence-corrected chi connectivity index (χ1v) is 8.96. The Morgan fingerprint density at radius 1 is 0.840 bits per heavy atom. The van der Waals surface area contributed by atoms with Gasteiger partial charge in [-0.05, 0) is 56.9 Å². The molecular weight excluding hydrogens is 313 g/mol. The molecule has 0 bridgehead atoms. The Hall–Kier alpha value is -1.71. The van der Waals surface area contributed by atoms with Gasteiger partial charge in [0, 0.05) is 5.54 Å². The molecule has 0 saturated carbocycles. The summed E-state index contributed by atoms with van der Waals surface area (Å²) >= 11 is 0. The predicted octanol–water partition coefficient (Wildman–Crippen LogP) is 6.32. The van der Waals surface area contributed by atoms with Gasteiger partial charge in [-0.15, -0.1) is 0 Å². The summed E-state index contributed by atoms with van der Waals surface area (Å²) in [5.74, 6) is 0.148. The van der Waals surface area contributed by atoms with Crippen molar-refractivity contribution in [1.29, 1.82) is 0 Å². The molecule has 0 spiro atoms. The molecule has 0 radical (unpaired) electrons. The van der Waals surface area contributed by atoms with E-state index in [-0.39, 0.29) is 23.5 Å². The Morgan fingerprint density at radius 3 is 1.88 bits per heavy atom. The zero-order chi connectivity index (χ0) is 18.6. The fourth-order valence-corrected chi connectivity index (χ4v) is 3.05. The molecule has 136 valence electrons. The topological polar surface area (TPSA) is 12.5 Å². The molecule has 0 aromatic heterocycles. The van der Waals surface area contributed by atoms with Gasteiger partial charge in [0.15, 0.2) is 0 Å². The minimum atomic E-state index is -0.229. The van der Waals surface area contributed by atoms with Gasteiger partial charge in [-0.2, -0.15) is 5.06 Å². The van der Waals surface area contributed by atoms with E-state index in [0.29, 0.717) is 5.92 Å². The summed E-state index contributed by atoms with van der Waals surface area (Å²) in [5.41, 5.74) is 2.02. The standard InChI is InChI=1S/C22H30FNO/c1-16(2)21(19-10-8-7-9-11-19)24(22(4,5)6)25-17(3)18-12-14-20(23)15-13-18/h7-17,21H,1-6H3. The molecule has 2 nitrogen and oxygen atoms in total. The van der Waals surface area contributed by atoms with E-state index >= 15 is 0 Å². The zero-order valence-electron chi connectivity index (χ0n) is 16.2. The van der Waals surface area contributed by atoms with Crippen molar-refractivity contribution in [1.82, 2.24) is 5.06 Å². The van der Waals surface area contributed by atoms with Crippen molar-refractivity contribution < 1.29 is 9.23 Å². The number of hydrogen-bond acceptors (Lipinski definition) is 2. The van der Waals surface area contributed by atoms with E-state index in [4.69, 9.17) is 4.84 Å². The third-order valence-electron chi connectivity index (χ3n) is 4.30. The van der Waals surface area contributed by atoms with Crippen molar-refractivity contribution in [2.24, 2.45) is 5.92 Å². The van der Waals surface area contributed by atoms with Crippen LogP contribution in [0.4, 0.5) is 4.39 Å². The highest BCUT2D eigenvalue weighted by atomic mass is 19.1. The lowest BCUT2D eigenvalue weighted by Gasteiger charge is -2.43. The molecule has 2 atom stereocenters. The van der Waals surface area contributed by atoms with E-state index in [1.807, 2.05) is 13.0 Å². The summed E-state index contributed by atoms with van der Waals surface area (Å²) in [6.07, 6.45) is -0.162. The van der Waals surface area contributed by atoms with E-state index in [1.165, 1.54) is 17.7 Å². The van der Waals surface area contributed by atoms with Gasteiger partial charge in [-0.3, -0.25) is 4.84 Å². The van der Waals surface area contributed by atoms with E-state index in [0.717, 1.165) is 5.56 Å². The first-order valence-electron chi connectivity index (χ1n) is 8.96. The first-order chi connectivity index (χ1) is 11.7. The van der Waals surface area contributed by atoms with Crippen molar-refractivity contribution >= 4 is 0 Å². The average molecular weight is 343 g/mol. The van der Waals surface area contributed by atoms with Crippen LogP contribution in [-0.4, -0.2) is 10.6 Å². The van der Waals surface area contributed by atoms with E-state index in [9.17, 15) is 4.39 Å². The minimum Gasteiger partial charge on any atom is -0.290 e. The summed E-state index contributed by atoms with van der Waals surface area (Å²) in [5, 5.41) is 2.10. The number of halogens is 1. The lowest BCUT2D eigenvalue weighted by atomic mass is 9.92. The fraction of sp³-hybridized carbons (Fsp3) is 0.455. The molecule has 0 heterocycles. The number of hydroxylamine groups is 2. The maximum Gasteiger partial charge on any atom is 0.123 e. The van der Waals surface area contributed by atoms with Crippen molar-refractivity contribution in [2.45, 2.75) is 59.2 Å². The van der Waals surface area contributed by atoms with Gasteiger partial charge >= 0.3 is 0 Å². The van der Waals surface area contributed by atoms with Crippen LogP contribution >= 0.6 is 0 Å². The number of nitrogens with zero attached hydrogens (tertiary/aromatic N) is 1. The minimum absolute atomic E-state index is 0.129. The summed E-state index contributed by atoms with van der Waals surface area (Å²) < 4.78 is 13.2. The molecule has 25 heavy (non-hydrogen) atoms. The zero-order valence-corrected chi connectivity index (χ0v) is 16.2. The Kier molecular flexibility index (Phi) is 6.36. The first kappa shape index (κ1) is 19.6. The lowest BCUT2D eigenvalue weighted by Crippen LogP contribution is -2.46. The van der Waals surface area contributed by atoms with Crippen LogP contribution in [0.3, 0.4) is 0 Å². The summed E-state index contributed by atoms with van der Waals surface area (Å²) in [6.45, 7) is 12.9. The Morgan fingerprint density at radius 2 is 1.40 bits per heavy atom. The van der Waals surface area contributed by atoms with Gasteiger partial charge in [-0.25, -0.2) is 4.39 Å². The highest BCUT2D eigenvalue weighted by Crippen LogP contribution is 2.36. The van der Waals surface area contributed by atoms with Crippen LogP contribution in [0.2, 0.25) is 0 Å². The molecular formula is C22H30FNO. The molecule has 3 heteroatoms. The normalized spacial score (nSPS) is 14.8. The number of rotatable bonds is 6. The van der Waals surface area contributed by atoms with Crippen molar-refractivity contribution in [3.8, 4) is 0 Å². The van der Waals surface area contributed by atoms with Crippen LogP contribution in [0.15, 0.2) is 54.6 Å². The van der Waals surface area contributed by atoms with Gasteiger partial charge in [-0.1, -0.05) is 56.3 Å². The summed E-state index contributed by atoms with van der Waals surface area (Å²) in [7, 11) is 0. The van der Waals surface area contributed by atoms with Crippen LogP contribution in [0, 0.1) is 11.7 Å². The molecule has 2 aromatic carbocycles. The van der Waals surface area contributed by atoms with E-state index < -0.39 is 0 Å². The van der Waals surface area contributed by atoms with E-state index in [2.05, 4.69) is 63.9 Å². The lowest BCUT2D eigenvalue weighted by molar-refractivity contribution is -0.272. The number of hydrogen-bond donors (Lipinski definition) is 0. The summed E-state index contributed by atoms with van der Waals surface area (Å²) in [6, 6.07) is 17.1. The van der Waals surface area contributed by atoms with Gasteiger partial charge < -0.3 is 0 Å². The predicted molar refractivity (Wildman–Crippen MR) is 102 cm³/mol. The van der Waals surface area contributed by atoms with Crippen molar-refractivity contribution in [3.63, 3.8) is 0 Å². The average Bonchev–Trinajstić information content (AvgIpc) is 2.54. The van der Waals surface area contributed by atoms with Crippen LogP contribution in [0.25, 0.3) is 0 Å². The molecule has 2 rings (SSSR count). The smallest absolute Gasteiger partial charge is 0.123 e. The Labute approximate surface area is 151 Å². The highest BCUT2D eigenvalue weighted by Gasteiger charge is 2.34. The molecule has 0 fully saturated rings. The maximum absolute atomic E-state index is 13.2. The molecule has 0 saturated heterocycles. The second-order valence-corrected chi connectivity index (χ2v) is 7.90. The van der Waals surface area contributed by atoms with Gasteiger partial charge in [0.25, 0.3) is 0 Å². The molecule has 0 aliphatic rings. The van der Waals surface area contributed by atoms with Crippen LogP contribution in [-0.2, 0) is 4.84 Å². The second kappa shape index (κ2) is 8.11. The van der Waals surface area contributed by atoms with Crippen molar-refractivity contribution in [3.05, 3.63) is 71.5 Å². The molecule has 2 aromatic rings. The third kappa shape index (κ3) is 5.13. The Balaban J connectivity index is 2.33. The quantitative estimate of drug-likeness (QED) is 0.569. The highest BCUT2D eigenvalue weighted by molar-refractivity contribution is 5.20. The molecule has 0 N–H and O–H groups in total. The summed E-state index contributed by atoms with van der Waals surface area (Å²) in [4.78, 5) is 6.43. The maximum atomic E-state index is 13.2. The number of benzene rings is 2. The largest absolute Gasteiger partial charge is 0.290 e. The van der Waals surface area contributed by atoms with Crippen LogP contribution in [0.1, 0.15) is 64.8 Å². The SMILES string of the molecule is CC(ON(C(c1ccccc1)C(C)C)C(C)(C)C)c1ccc(F)cc1. The van der Waals surface area contributed by atoms with Gasteiger partial charge in [0.1, 0.15) is 11.9 Å². The van der Waals surface area contributed by atoms with Crippen LogP contribution < -0.4 is 0 Å². The van der Waals surface area contributed by atoms with Gasteiger partial charge in [0.05, 0.1) is 6.04 Å². The van der Waals surface area contributed by atoms with Crippen molar-refractivity contribution in [2.75, 3.05) is 0 Å². The monoisotopic (exact) mass is 343 g/mol. The van der Waals surface area contributed by atoms with E-state index in [1.54, 1.807) is 12.1 Å². The molecule has 0 aliphatic carbocycles. The van der Waals surface area contributed by atoms with Crippen LogP contribution in [0.5, 0.6) is 0 Å². The van der Waals surface area contributed by atoms with Gasteiger partial charge in [0.2, 0.25) is 0 Å². The third-order valence-corrected chi connectivity index (χ3v) is 4.30. The fourth-order valence-electron chi connectivity index (χ4n) is 3.05.